The maximum Gasteiger partial charge on any atom is 0.322 e. The Kier molecular flexibility index (Phi) is 8.61. The fraction of sp³-hybridized carbons (Fsp3) is 0.409. The predicted molar refractivity (Wildman–Crippen MR) is 120 cm³/mol. The van der Waals surface area contributed by atoms with Gasteiger partial charge in [-0.1, -0.05) is 58.6 Å². The van der Waals surface area contributed by atoms with Gasteiger partial charge in [0.05, 0.1) is 15.7 Å². The molecule has 0 unspecified atom stereocenters. The molecule has 28 heavy (non-hydrogen) atoms. The maximum absolute atomic E-state index is 13.0. The molecule has 2 aromatic rings. The van der Waals surface area contributed by atoms with E-state index in [4.69, 9.17) is 23.2 Å². The lowest BCUT2D eigenvalue weighted by molar-refractivity contribution is 0.207. The van der Waals surface area contributed by atoms with Gasteiger partial charge in [-0.15, -0.1) is 0 Å². The summed E-state index contributed by atoms with van der Waals surface area (Å²) in [6.07, 6.45) is 1.95. The number of benzene rings is 2. The lowest BCUT2D eigenvalue weighted by Gasteiger charge is -2.24. The number of hydrogen-bond acceptors (Lipinski definition) is 2. The van der Waals surface area contributed by atoms with E-state index in [1.807, 2.05) is 4.90 Å². The van der Waals surface area contributed by atoms with Crippen molar-refractivity contribution in [2.45, 2.75) is 33.2 Å². The van der Waals surface area contributed by atoms with Crippen molar-refractivity contribution in [1.82, 2.24) is 9.80 Å². The van der Waals surface area contributed by atoms with Gasteiger partial charge in [0.25, 0.3) is 0 Å². The monoisotopic (exact) mass is 421 g/mol. The molecule has 2 rings (SSSR count). The molecule has 0 aliphatic carbocycles. The van der Waals surface area contributed by atoms with Crippen LogP contribution in [-0.4, -0.2) is 43.0 Å². The number of para-hydroxylation sites is 1. The molecule has 0 saturated heterocycles. The summed E-state index contributed by atoms with van der Waals surface area (Å²) < 4.78 is 0. The Balaban J connectivity index is 2.15. The number of anilines is 1. The first-order valence-electron chi connectivity index (χ1n) is 9.48. The zero-order chi connectivity index (χ0) is 20.7. The van der Waals surface area contributed by atoms with Gasteiger partial charge >= 0.3 is 6.03 Å². The zero-order valence-corrected chi connectivity index (χ0v) is 18.6. The molecule has 1 N–H and O–H groups in total. The first-order chi connectivity index (χ1) is 13.3. The summed E-state index contributed by atoms with van der Waals surface area (Å²) in [6.45, 7) is 6.34. The molecule has 0 heterocycles. The van der Waals surface area contributed by atoms with Crippen molar-refractivity contribution in [3.8, 4) is 0 Å². The number of nitrogens with one attached hydrogen (secondary N) is 1. The Labute approximate surface area is 178 Å². The van der Waals surface area contributed by atoms with Crippen LogP contribution in [0.3, 0.4) is 0 Å². The highest BCUT2D eigenvalue weighted by Gasteiger charge is 2.17. The van der Waals surface area contributed by atoms with Crippen LogP contribution in [0.4, 0.5) is 10.5 Å². The molecule has 0 radical (unpaired) electrons. The molecule has 0 bridgehead atoms. The molecule has 0 aromatic heterocycles. The topological polar surface area (TPSA) is 35.6 Å². The molecule has 2 amide bonds. The number of carbonyl (C=O) groups excluding carboxylic acids is 1. The van der Waals surface area contributed by atoms with Crippen LogP contribution in [0.25, 0.3) is 0 Å². The van der Waals surface area contributed by atoms with E-state index in [2.05, 4.69) is 56.4 Å². The van der Waals surface area contributed by atoms with E-state index in [1.165, 1.54) is 11.1 Å². The summed E-state index contributed by atoms with van der Waals surface area (Å²) in [5, 5.41) is 3.75. The second-order valence-corrected chi connectivity index (χ2v) is 8.27. The second kappa shape index (κ2) is 10.7. The minimum atomic E-state index is -0.195. The van der Waals surface area contributed by atoms with Crippen LogP contribution >= 0.6 is 23.2 Å². The van der Waals surface area contributed by atoms with Crippen LogP contribution in [0.5, 0.6) is 0 Å². The van der Waals surface area contributed by atoms with E-state index in [-0.39, 0.29) is 6.03 Å². The number of unbranched alkanes of at least 4 members (excludes halogenated alkanes) is 1. The molecule has 0 aliphatic rings. The second-order valence-electron chi connectivity index (χ2n) is 7.45. The van der Waals surface area contributed by atoms with E-state index in [0.717, 1.165) is 24.9 Å². The number of aryl methyl sites for hydroxylation is 2. The average Bonchev–Trinajstić information content (AvgIpc) is 2.59. The third kappa shape index (κ3) is 7.01. The summed E-state index contributed by atoms with van der Waals surface area (Å²) in [4.78, 5) is 17.0. The van der Waals surface area contributed by atoms with Crippen LogP contribution < -0.4 is 5.32 Å². The van der Waals surface area contributed by atoms with Gasteiger partial charge in [-0.05, 0) is 65.0 Å². The van der Waals surface area contributed by atoms with Crippen molar-refractivity contribution >= 4 is 34.9 Å². The number of urea groups is 1. The highest BCUT2D eigenvalue weighted by Crippen LogP contribution is 2.30. The van der Waals surface area contributed by atoms with Gasteiger partial charge in [-0.25, -0.2) is 4.79 Å². The van der Waals surface area contributed by atoms with Crippen molar-refractivity contribution in [2.24, 2.45) is 0 Å². The smallest absolute Gasteiger partial charge is 0.320 e. The summed E-state index contributed by atoms with van der Waals surface area (Å²) in [5.74, 6) is 0. The molecule has 0 fully saturated rings. The molecule has 0 saturated carbocycles. The first kappa shape index (κ1) is 22.5. The first-order valence-corrected chi connectivity index (χ1v) is 10.2. The number of amides is 2. The van der Waals surface area contributed by atoms with Crippen LogP contribution in [0.1, 0.15) is 29.5 Å². The number of nitrogens with zero attached hydrogens (tertiary/aromatic N) is 2. The summed E-state index contributed by atoms with van der Waals surface area (Å²) >= 11 is 12.4. The molecular weight excluding hydrogens is 393 g/mol. The van der Waals surface area contributed by atoms with E-state index in [0.29, 0.717) is 28.8 Å². The van der Waals surface area contributed by atoms with Crippen molar-refractivity contribution in [3.05, 3.63) is 63.1 Å². The largest absolute Gasteiger partial charge is 0.322 e. The van der Waals surface area contributed by atoms with Gasteiger partial charge in [0.2, 0.25) is 0 Å². The lowest BCUT2D eigenvalue weighted by atomic mass is 10.1. The number of rotatable bonds is 8. The summed E-state index contributed by atoms with van der Waals surface area (Å²) in [7, 11) is 4.11. The fourth-order valence-electron chi connectivity index (χ4n) is 3.17. The predicted octanol–water partition coefficient (Wildman–Crippen LogP) is 5.99. The third-order valence-corrected chi connectivity index (χ3v) is 5.05. The van der Waals surface area contributed by atoms with Crippen LogP contribution in [0.2, 0.25) is 10.0 Å². The van der Waals surface area contributed by atoms with Crippen molar-refractivity contribution in [2.75, 3.05) is 32.5 Å². The molecule has 4 nitrogen and oxygen atoms in total. The summed E-state index contributed by atoms with van der Waals surface area (Å²) in [5.41, 5.74) is 3.95. The molecule has 2 aromatic carbocycles. The molecule has 6 heteroatoms. The SMILES string of the molecule is Cc1cc(C)cc(CN(CCCCN(C)C)C(=O)Nc2c(Cl)cccc2Cl)c1. The minimum absolute atomic E-state index is 0.195. The Morgan fingerprint density at radius 3 is 2.11 bits per heavy atom. The highest BCUT2D eigenvalue weighted by atomic mass is 35.5. The Hall–Kier alpha value is -1.75. The zero-order valence-electron chi connectivity index (χ0n) is 17.1. The van der Waals surface area contributed by atoms with E-state index < -0.39 is 0 Å². The number of hydrogen-bond donors (Lipinski definition) is 1. The maximum atomic E-state index is 13.0. The van der Waals surface area contributed by atoms with E-state index in [1.54, 1.807) is 18.2 Å². The number of halogens is 2. The van der Waals surface area contributed by atoms with E-state index >= 15 is 0 Å². The highest BCUT2D eigenvalue weighted by molar-refractivity contribution is 6.39. The lowest BCUT2D eigenvalue weighted by Crippen LogP contribution is -2.35. The Morgan fingerprint density at radius 1 is 0.964 bits per heavy atom. The van der Waals surface area contributed by atoms with Gasteiger partial charge in [0.1, 0.15) is 0 Å². The molecule has 0 aliphatic heterocycles. The molecule has 152 valence electrons. The third-order valence-electron chi connectivity index (χ3n) is 4.42. The van der Waals surface area contributed by atoms with Crippen LogP contribution in [-0.2, 0) is 6.54 Å². The van der Waals surface area contributed by atoms with Gasteiger partial charge in [-0.3, -0.25) is 0 Å². The minimum Gasteiger partial charge on any atom is -0.320 e. The van der Waals surface area contributed by atoms with Crippen LogP contribution in [0, 0.1) is 13.8 Å². The normalized spacial score (nSPS) is 11.0. The van der Waals surface area contributed by atoms with Gasteiger partial charge in [0, 0.05) is 13.1 Å². The quantitative estimate of drug-likeness (QED) is 0.531. The van der Waals surface area contributed by atoms with Gasteiger partial charge in [0.15, 0.2) is 0 Å². The fourth-order valence-corrected chi connectivity index (χ4v) is 3.66. The molecule has 0 spiro atoms. The van der Waals surface area contributed by atoms with Gasteiger partial charge < -0.3 is 15.1 Å². The van der Waals surface area contributed by atoms with Crippen molar-refractivity contribution < 1.29 is 4.79 Å². The van der Waals surface area contributed by atoms with Crippen molar-refractivity contribution in [1.29, 1.82) is 0 Å². The molecular formula is C22H29Cl2N3O. The standard InChI is InChI=1S/C22H29Cl2N3O/c1-16-12-17(2)14-18(13-16)15-27(11-6-5-10-26(3)4)22(28)25-21-19(23)8-7-9-20(21)24/h7-9,12-14H,5-6,10-11,15H2,1-4H3,(H,25,28). The Bertz CT molecular complexity index is 768. The van der Waals surface area contributed by atoms with Crippen molar-refractivity contribution in [3.63, 3.8) is 0 Å². The number of carbonyl (C=O) groups is 1. The molecule has 0 atom stereocenters. The Morgan fingerprint density at radius 2 is 1.54 bits per heavy atom. The van der Waals surface area contributed by atoms with Crippen LogP contribution in [0.15, 0.2) is 36.4 Å². The van der Waals surface area contributed by atoms with Gasteiger partial charge in [-0.2, -0.15) is 0 Å². The van der Waals surface area contributed by atoms with E-state index in [9.17, 15) is 4.79 Å². The average molecular weight is 422 g/mol. The summed E-state index contributed by atoms with van der Waals surface area (Å²) in [6, 6.07) is 11.4.